The van der Waals surface area contributed by atoms with Gasteiger partial charge >= 0.3 is 0 Å². The third-order valence-corrected chi connectivity index (χ3v) is 3.43. The van der Waals surface area contributed by atoms with Crippen LogP contribution in [0.1, 0.15) is 20.8 Å². The van der Waals surface area contributed by atoms with Crippen molar-refractivity contribution in [3.8, 4) is 0 Å². The first-order valence-corrected chi connectivity index (χ1v) is 7.33. The summed E-state index contributed by atoms with van der Waals surface area (Å²) in [6.45, 7) is 9.94. The highest BCUT2D eigenvalue weighted by Gasteiger charge is 2.13. The Labute approximate surface area is 108 Å². The number of hydrogen-bond acceptors (Lipinski definition) is 4. The second-order valence-corrected chi connectivity index (χ2v) is 6.43. The van der Waals surface area contributed by atoms with Crippen LogP contribution < -0.4 is 5.32 Å². The molecule has 1 saturated heterocycles. The fraction of sp³-hybridized carbons (Fsp3) is 0.917. The lowest BCUT2D eigenvalue weighted by atomic mass is 10.2. The van der Waals surface area contributed by atoms with Crippen LogP contribution >= 0.6 is 11.8 Å². The Bertz CT molecular complexity index is 235. The Morgan fingerprint density at radius 2 is 2.00 bits per heavy atom. The van der Waals surface area contributed by atoms with Gasteiger partial charge in [0.2, 0.25) is 5.91 Å². The molecule has 0 aromatic heterocycles. The van der Waals surface area contributed by atoms with Gasteiger partial charge in [-0.3, -0.25) is 9.69 Å². The van der Waals surface area contributed by atoms with Crippen LogP contribution in [0.15, 0.2) is 0 Å². The van der Waals surface area contributed by atoms with E-state index >= 15 is 0 Å². The minimum absolute atomic E-state index is 0.0219. The Balaban J connectivity index is 2.03. The molecule has 17 heavy (non-hydrogen) atoms. The lowest BCUT2D eigenvalue weighted by Gasteiger charge is -2.26. The Morgan fingerprint density at radius 1 is 1.35 bits per heavy atom. The molecular weight excluding hydrogens is 236 g/mol. The van der Waals surface area contributed by atoms with Crippen LogP contribution in [0, 0.1) is 0 Å². The number of ether oxygens (including phenoxy) is 1. The number of hydrogen-bond donors (Lipinski definition) is 1. The number of carbonyl (C=O) groups excluding carboxylic acids is 1. The topological polar surface area (TPSA) is 41.6 Å². The zero-order valence-electron chi connectivity index (χ0n) is 11.1. The second-order valence-electron chi connectivity index (χ2n) is 5.21. The van der Waals surface area contributed by atoms with E-state index in [0.29, 0.717) is 0 Å². The SMILES string of the molecule is CC(C)(C)OCC(=O)NCCN1CCSCC1. The largest absolute Gasteiger partial charge is 0.366 e. The number of carbonyl (C=O) groups is 1. The van der Waals surface area contributed by atoms with Crippen LogP contribution in [0.5, 0.6) is 0 Å². The first-order chi connectivity index (χ1) is 7.97. The van der Waals surface area contributed by atoms with Crippen molar-refractivity contribution >= 4 is 17.7 Å². The molecule has 1 aliphatic rings. The molecule has 0 aromatic rings. The zero-order valence-corrected chi connectivity index (χ0v) is 11.9. The molecule has 0 radical (unpaired) electrons. The summed E-state index contributed by atoms with van der Waals surface area (Å²) < 4.78 is 5.40. The maximum absolute atomic E-state index is 11.5. The molecule has 100 valence electrons. The summed E-state index contributed by atoms with van der Waals surface area (Å²) in [6, 6.07) is 0. The number of amides is 1. The molecule has 5 heteroatoms. The molecule has 1 N–H and O–H groups in total. The normalized spacial score (nSPS) is 18.1. The molecule has 0 saturated carbocycles. The molecule has 1 rings (SSSR count). The predicted molar refractivity (Wildman–Crippen MR) is 72.5 cm³/mol. The average molecular weight is 260 g/mol. The van der Waals surface area contributed by atoms with Crippen molar-refractivity contribution in [1.82, 2.24) is 10.2 Å². The molecule has 1 heterocycles. The van der Waals surface area contributed by atoms with E-state index in [4.69, 9.17) is 4.74 Å². The molecular formula is C12H24N2O2S. The summed E-state index contributed by atoms with van der Waals surface area (Å²) in [5.41, 5.74) is -0.249. The summed E-state index contributed by atoms with van der Waals surface area (Å²) in [4.78, 5) is 13.9. The Morgan fingerprint density at radius 3 is 2.59 bits per heavy atom. The Kier molecular flexibility index (Phi) is 6.30. The lowest BCUT2D eigenvalue weighted by Crippen LogP contribution is -2.40. The van der Waals surface area contributed by atoms with Crippen LogP contribution in [0.4, 0.5) is 0 Å². The minimum Gasteiger partial charge on any atom is -0.366 e. The van der Waals surface area contributed by atoms with Gasteiger partial charge < -0.3 is 10.1 Å². The third-order valence-electron chi connectivity index (χ3n) is 2.49. The average Bonchev–Trinajstić information content (AvgIpc) is 2.27. The first-order valence-electron chi connectivity index (χ1n) is 6.18. The summed E-state index contributed by atoms with van der Waals surface area (Å²) in [6.07, 6.45) is 0. The molecule has 1 fully saturated rings. The van der Waals surface area contributed by atoms with Crippen molar-refractivity contribution in [3.05, 3.63) is 0 Å². The molecule has 0 aliphatic carbocycles. The van der Waals surface area contributed by atoms with Crippen molar-refractivity contribution in [2.24, 2.45) is 0 Å². The molecule has 0 aromatic carbocycles. The van der Waals surface area contributed by atoms with Gasteiger partial charge in [-0.25, -0.2) is 0 Å². The summed E-state index contributed by atoms with van der Waals surface area (Å²) in [5, 5.41) is 2.89. The molecule has 1 amide bonds. The zero-order chi connectivity index (χ0) is 12.7. The van der Waals surface area contributed by atoms with Crippen LogP contribution in [0.25, 0.3) is 0 Å². The van der Waals surface area contributed by atoms with E-state index in [9.17, 15) is 4.79 Å². The molecule has 1 aliphatic heterocycles. The van der Waals surface area contributed by atoms with E-state index in [-0.39, 0.29) is 18.1 Å². The smallest absolute Gasteiger partial charge is 0.246 e. The Hall–Kier alpha value is -0.260. The fourth-order valence-corrected chi connectivity index (χ4v) is 2.49. The second kappa shape index (κ2) is 7.24. The van der Waals surface area contributed by atoms with Crippen molar-refractivity contribution in [2.75, 3.05) is 44.3 Å². The minimum atomic E-state index is -0.249. The molecule has 0 bridgehead atoms. The third kappa shape index (κ3) is 7.63. The summed E-state index contributed by atoms with van der Waals surface area (Å²) >= 11 is 2.00. The van der Waals surface area contributed by atoms with E-state index in [1.165, 1.54) is 11.5 Å². The van der Waals surface area contributed by atoms with E-state index in [2.05, 4.69) is 10.2 Å². The molecule has 4 nitrogen and oxygen atoms in total. The number of thioether (sulfide) groups is 1. The monoisotopic (exact) mass is 260 g/mol. The van der Waals surface area contributed by atoms with Crippen molar-refractivity contribution in [3.63, 3.8) is 0 Å². The van der Waals surface area contributed by atoms with Crippen molar-refractivity contribution in [1.29, 1.82) is 0 Å². The lowest BCUT2D eigenvalue weighted by molar-refractivity contribution is -0.130. The van der Waals surface area contributed by atoms with E-state index in [1.807, 2.05) is 32.5 Å². The highest BCUT2D eigenvalue weighted by molar-refractivity contribution is 7.99. The summed E-state index contributed by atoms with van der Waals surface area (Å²) in [5.74, 6) is 2.40. The van der Waals surface area contributed by atoms with Crippen LogP contribution in [-0.4, -0.2) is 60.7 Å². The van der Waals surface area contributed by atoms with Gasteiger partial charge in [-0.2, -0.15) is 11.8 Å². The fourth-order valence-electron chi connectivity index (χ4n) is 1.51. The van der Waals surface area contributed by atoms with Crippen molar-refractivity contribution in [2.45, 2.75) is 26.4 Å². The van der Waals surface area contributed by atoms with Crippen LogP contribution in [0.2, 0.25) is 0 Å². The quantitative estimate of drug-likeness (QED) is 0.800. The number of nitrogens with one attached hydrogen (secondary N) is 1. The van der Waals surface area contributed by atoms with E-state index in [1.54, 1.807) is 0 Å². The maximum Gasteiger partial charge on any atom is 0.246 e. The number of rotatable bonds is 5. The molecule has 0 unspecified atom stereocenters. The highest BCUT2D eigenvalue weighted by Crippen LogP contribution is 2.08. The number of nitrogens with zero attached hydrogens (tertiary/aromatic N) is 1. The van der Waals surface area contributed by atoms with Crippen LogP contribution in [-0.2, 0) is 9.53 Å². The highest BCUT2D eigenvalue weighted by atomic mass is 32.2. The summed E-state index contributed by atoms with van der Waals surface area (Å²) in [7, 11) is 0. The predicted octanol–water partition coefficient (Wildman–Crippen LogP) is 0.967. The molecule has 0 spiro atoms. The maximum atomic E-state index is 11.5. The standard InChI is InChI=1S/C12H24N2O2S/c1-12(2,3)16-10-11(15)13-4-5-14-6-8-17-9-7-14/h4-10H2,1-3H3,(H,13,15). The van der Waals surface area contributed by atoms with Gasteiger partial charge in [-0.05, 0) is 20.8 Å². The van der Waals surface area contributed by atoms with Crippen molar-refractivity contribution < 1.29 is 9.53 Å². The van der Waals surface area contributed by atoms with Crippen LogP contribution in [0.3, 0.4) is 0 Å². The van der Waals surface area contributed by atoms with Gasteiger partial charge in [0.15, 0.2) is 0 Å². The van der Waals surface area contributed by atoms with E-state index < -0.39 is 0 Å². The van der Waals surface area contributed by atoms with Gasteiger partial charge in [-0.1, -0.05) is 0 Å². The van der Waals surface area contributed by atoms with Gasteiger partial charge in [0.25, 0.3) is 0 Å². The van der Waals surface area contributed by atoms with E-state index in [0.717, 1.165) is 26.2 Å². The van der Waals surface area contributed by atoms with Gasteiger partial charge in [0.05, 0.1) is 5.60 Å². The van der Waals surface area contributed by atoms with Gasteiger partial charge in [0, 0.05) is 37.7 Å². The van der Waals surface area contributed by atoms with Gasteiger partial charge in [-0.15, -0.1) is 0 Å². The first kappa shape index (κ1) is 14.8. The van der Waals surface area contributed by atoms with Gasteiger partial charge in [0.1, 0.15) is 6.61 Å². The molecule has 0 atom stereocenters.